The molecule has 4 heterocycles. The average Bonchev–Trinajstić information content (AvgIpc) is 3.02. The van der Waals surface area contributed by atoms with Crippen molar-refractivity contribution in [1.82, 2.24) is 0 Å². The Morgan fingerprint density at radius 2 is 1.28 bits per heavy atom. The predicted molar refractivity (Wildman–Crippen MR) is 80.1 cm³/mol. The Hall–Kier alpha value is -0.300. The van der Waals surface area contributed by atoms with Crippen LogP contribution in [0.3, 0.4) is 0 Å². The summed E-state index contributed by atoms with van der Waals surface area (Å²) in [6.45, 7) is 1.65. The summed E-state index contributed by atoms with van der Waals surface area (Å²) in [5, 5.41) is 0. The number of rotatable bonds is 1. The lowest BCUT2D eigenvalue weighted by Gasteiger charge is -2.10. The summed E-state index contributed by atoms with van der Waals surface area (Å²) < 4.78 is 14.0. The lowest BCUT2D eigenvalue weighted by molar-refractivity contribution is 0.333. The van der Waals surface area contributed by atoms with Gasteiger partial charge in [-0.05, 0) is 0 Å². The first kappa shape index (κ1) is 11.5. The topological polar surface area (TPSA) is 18.5 Å². The van der Waals surface area contributed by atoms with E-state index in [-0.39, 0.29) is 0 Å². The predicted octanol–water partition coefficient (Wildman–Crippen LogP) is 4.45. The van der Waals surface area contributed by atoms with E-state index in [2.05, 4.69) is 12.1 Å². The van der Waals surface area contributed by atoms with E-state index in [0.29, 0.717) is 0 Å². The van der Waals surface area contributed by atoms with Gasteiger partial charge in [-0.15, -0.1) is 46.2 Å². The van der Waals surface area contributed by atoms with Crippen LogP contribution in [0, 0.1) is 0 Å². The van der Waals surface area contributed by atoms with Crippen molar-refractivity contribution in [2.24, 2.45) is 0 Å². The third kappa shape index (κ3) is 1.95. The highest BCUT2D eigenvalue weighted by Gasteiger charge is 2.20. The van der Waals surface area contributed by atoms with Crippen LogP contribution in [-0.4, -0.2) is 24.7 Å². The molecule has 0 radical (unpaired) electrons. The molecule has 6 heteroatoms. The molecular formula is C12H10O2S4. The van der Waals surface area contributed by atoms with Crippen LogP contribution in [0.1, 0.15) is 0 Å². The minimum atomic E-state index is 0.827. The molecule has 0 fully saturated rings. The molecule has 94 valence electrons. The van der Waals surface area contributed by atoms with Gasteiger partial charge in [-0.3, -0.25) is 0 Å². The zero-order valence-electron chi connectivity index (χ0n) is 9.43. The fraction of sp³-hybridized carbons (Fsp3) is 0.333. The Labute approximate surface area is 122 Å². The second-order valence-electron chi connectivity index (χ2n) is 3.92. The van der Waals surface area contributed by atoms with Crippen LogP contribution in [0.4, 0.5) is 0 Å². The Kier molecular flexibility index (Phi) is 2.99. The minimum absolute atomic E-state index is 0.827. The zero-order valence-corrected chi connectivity index (χ0v) is 12.7. The Balaban J connectivity index is 1.73. The normalized spacial score (nSPS) is 17.6. The van der Waals surface area contributed by atoms with E-state index in [9.17, 15) is 0 Å². The Bertz CT molecular complexity index is 488. The van der Waals surface area contributed by atoms with Gasteiger partial charge in [-0.25, -0.2) is 0 Å². The molecule has 2 aliphatic heterocycles. The summed E-state index contributed by atoms with van der Waals surface area (Å²) in [4.78, 5) is 2.61. The molecule has 4 rings (SSSR count). The lowest BCUT2D eigenvalue weighted by Crippen LogP contribution is -2.03. The van der Waals surface area contributed by atoms with E-state index in [0.717, 1.165) is 36.2 Å². The largest absolute Gasteiger partial charge is 0.491 e. The van der Waals surface area contributed by atoms with Crippen LogP contribution >= 0.6 is 46.2 Å². The van der Waals surface area contributed by atoms with Gasteiger partial charge in [0.15, 0.2) is 0 Å². The number of ether oxygens (including phenoxy) is 2. The van der Waals surface area contributed by atoms with Crippen LogP contribution < -0.4 is 9.47 Å². The van der Waals surface area contributed by atoms with Gasteiger partial charge in [0.1, 0.15) is 19.9 Å². The van der Waals surface area contributed by atoms with Crippen molar-refractivity contribution in [3.05, 3.63) is 12.1 Å². The van der Waals surface area contributed by atoms with Gasteiger partial charge in [0.05, 0.1) is 13.2 Å². The van der Waals surface area contributed by atoms with Crippen molar-refractivity contribution in [3.8, 4) is 21.3 Å². The summed E-state index contributed by atoms with van der Waals surface area (Å²) in [7, 11) is 0. The van der Waals surface area contributed by atoms with E-state index < -0.39 is 0 Å². The van der Waals surface area contributed by atoms with Gasteiger partial charge in [-0.2, -0.15) is 0 Å². The molecule has 0 saturated heterocycles. The second kappa shape index (κ2) is 4.67. The van der Waals surface area contributed by atoms with Gasteiger partial charge in [-0.1, -0.05) is 0 Å². The van der Waals surface area contributed by atoms with Crippen LogP contribution in [0.25, 0.3) is 9.75 Å². The fourth-order valence-electron chi connectivity index (χ4n) is 1.93. The summed E-state index contributed by atoms with van der Waals surface area (Å²) in [5.74, 6) is 4.25. The Morgan fingerprint density at radius 1 is 0.778 bits per heavy atom. The third-order valence-corrected chi connectivity index (χ3v) is 7.62. The van der Waals surface area contributed by atoms with Crippen molar-refractivity contribution >= 4 is 46.2 Å². The van der Waals surface area contributed by atoms with Crippen LogP contribution in [-0.2, 0) is 0 Å². The third-order valence-electron chi connectivity index (χ3n) is 2.72. The lowest BCUT2D eigenvalue weighted by atomic mass is 10.3. The molecule has 0 atom stereocenters. The Morgan fingerprint density at radius 3 is 1.72 bits per heavy atom. The molecule has 2 aromatic rings. The van der Waals surface area contributed by atoms with Gasteiger partial charge < -0.3 is 9.47 Å². The maximum atomic E-state index is 5.69. The first-order valence-corrected chi connectivity index (χ1v) is 9.30. The molecule has 2 nitrogen and oxygen atoms in total. The van der Waals surface area contributed by atoms with Gasteiger partial charge >= 0.3 is 0 Å². The van der Waals surface area contributed by atoms with Gasteiger partial charge in [0.2, 0.25) is 0 Å². The van der Waals surface area contributed by atoms with Gasteiger partial charge in [0, 0.05) is 33.4 Å². The van der Waals surface area contributed by atoms with Crippen molar-refractivity contribution in [3.63, 3.8) is 0 Å². The van der Waals surface area contributed by atoms with Gasteiger partial charge in [0.25, 0.3) is 0 Å². The zero-order chi connectivity index (χ0) is 11.9. The molecule has 0 amide bonds. The maximum Gasteiger partial charge on any atom is 0.144 e. The molecule has 0 bridgehead atoms. The highest BCUT2D eigenvalue weighted by atomic mass is 32.2. The first-order chi connectivity index (χ1) is 8.90. The molecule has 2 aliphatic rings. The molecule has 0 saturated carbocycles. The summed E-state index contributed by atoms with van der Waals surface area (Å²) >= 11 is 7.47. The number of thiophene rings is 2. The molecule has 2 aromatic heterocycles. The highest BCUT2D eigenvalue weighted by Crippen LogP contribution is 2.50. The first-order valence-electron chi connectivity index (χ1n) is 5.69. The van der Waals surface area contributed by atoms with Crippen LogP contribution in [0.15, 0.2) is 20.6 Å². The molecular weight excluding hydrogens is 304 g/mol. The van der Waals surface area contributed by atoms with Crippen molar-refractivity contribution in [2.45, 2.75) is 8.42 Å². The number of thioether (sulfide) groups is 2. The van der Waals surface area contributed by atoms with Crippen LogP contribution in [0.5, 0.6) is 11.5 Å². The molecule has 18 heavy (non-hydrogen) atoms. The summed E-state index contributed by atoms with van der Waals surface area (Å²) in [6, 6.07) is 4.35. The average molecular weight is 314 g/mol. The highest BCUT2D eigenvalue weighted by molar-refractivity contribution is 8.01. The molecule has 0 spiro atoms. The monoisotopic (exact) mass is 314 g/mol. The SMILES string of the molecule is c1c(-c2cc3c(s2)SCCO3)sc2c1OCCS2. The smallest absolute Gasteiger partial charge is 0.144 e. The van der Waals surface area contributed by atoms with Crippen LogP contribution in [0.2, 0.25) is 0 Å². The molecule has 0 aromatic carbocycles. The number of fused-ring (bicyclic) bond motifs is 2. The number of hydrogen-bond donors (Lipinski definition) is 0. The standard InChI is InChI=1S/C12H10O2S4/c1-3-15-11-7(13-1)5-9(17-11)10-6-8-12(18-10)16-4-2-14-8/h5-6H,1-4H2. The van der Waals surface area contributed by atoms with Crippen molar-refractivity contribution in [1.29, 1.82) is 0 Å². The van der Waals surface area contributed by atoms with Crippen molar-refractivity contribution < 1.29 is 9.47 Å². The fourth-order valence-corrected chi connectivity index (χ4v) is 6.40. The number of hydrogen-bond acceptors (Lipinski definition) is 6. The maximum absolute atomic E-state index is 5.69. The molecule has 0 unspecified atom stereocenters. The van der Waals surface area contributed by atoms with E-state index in [4.69, 9.17) is 9.47 Å². The summed E-state index contributed by atoms with van der Waals surface area (Å²) in [5.41, 5.74) is 0. The van der Waals surface area contributed by atoms with Crippen molar-refractivity contribution in [2.75, 3.05) is 24.7 Å². The summed E-state index contributed by atoms with van der Waals surface area (Å²) in [6.07, 6.45) is 0. The molecule has 0 aliphatic carbocycles. The van der Waals surface area contributed by atoms with E-state index in [1.54, 1.807) is 0 Å². The van der Waals surface area contributed by atoms with E-state index in [1.165, 1.54) is 18.2 Å². The minimum Gasteiger partial charge on any atom is -0.491 e. The van der Waals surface area contributed by atoms with E-state index >= 15 is 0 Å². The molecule has 0 N–H and O–H groups in total. The van der Waals surface area contributed by atoms with E-state index in [1.807, 2.05) is 46.2 Å². The second-order valence-corrected chi connectivity index (χ2v) is 8.75. The quantitative estimate of drug-likeness (QED) is 0.774.